The van der Waals surface area contributed by atoms with Crippen molar-refractivity contribution in [3.05, 3.63) is 39.2 Å². The number of rotatable bonds is 5. The van der Waals surface area contributed by atoms with Crippen molar-refractivity contribution in [3.63, 3.8) is 0 Å². The number of carbonyl (C=O) groups is 2. The number of hydrogen-bond acceptors (Lipinski definition) is 4. The molecule has 0 aliphatic carbocycles. The Kier molecular flexibility index (Phi) is 4.73. The van der Waals surface area contributed by atoms with Crippen molar-refractivity contribution in [2.45, 2.75) is 13.8 Å². The van der Waals surface area contributed by atoms with Crippen LogP contribution in [0.4, 0.5) is 10.1 Å². The SMILES string of the molecule is CCN(CC(=O)O)C(=O)c1cc(F)cc(C)c1[N+](=O)[O-]. The molecule has 0 radical (unpaired) electrons. The van der Waals surface area contributed by atoms with Crippen LogP contribution in [0.1, 0.15) is 22.8 Å². The van der Waals surface area contributed by atoms with Gasteiger partial charge in [0.1, 0.15) is 17.9 Å². The predicted octanol–water partition coefficient (Wildman–Crippen LogP) is 1.59. The molecule has 8 heteroatoms. The lowest BCUT2D eigenvalue weighted by molar-refractivity contribution is -0.385. The molecule has 1 aromatic carbocycles. The molecule has 0 heterocycles. The Bertz CT molecular complexity index is 573. The molecule has 1 aromatic rings. The fourth-order valence-corrected chi connectivity index (χ4v) is 1.80. The first-order chi connectivity index (χ1) is 9.27. The van der Waals surface area contributed by atoms with Gasteiger partial charge in [0.05, 0.1) is 4.92 Å². The van der Waals surface area contributed by atoms with Crippen LogP contribution in [0, 0.1) is 22.9 Å². The Balaban J connectivity index is 3.33. The van der Waals surface area contributed by atoms with Gasteiger partial charge < -0.3 is 10.0 Å². The standard InChI is InChI=1S/C12H13FN2O5/c1-3-14(6-10(16)17)12(18)9-5-8(13)4-7(2)11(9)15(19)20/h4-5H,3,6H2,1-2H3,(H,16,17). The number of amides is 1. The maximum atomic E-state index is 13.4. The number of carboxylic acids is 1. The second-order valence-electron chi connectivity index (χ2n) is 4.09. The van der Waals surface area contributed by atoms with E-state index in [1.54, 1.807) is 0 Å². The Morgan fingerprint density at radius 1 is 1.45 bits per heavy atom. The molecular weight excluding hydrogens is 271 g/mol. The van der Waals surface area contributed by atoms with E-state index < -0.39 is 40.4 Å². The maximum Gasteiger partial charge on any atom is 0.323 e. The van der Waals surface area contributed by atoms with Crippen LogP contribution in [0.5, 0.6) is 0 Å². The second-order valence-corrected chi connectivity index (χ2v) is 4.09. The van der Waals surface area contributed by atoms with Crippen molar-refractivity contribution in [1.82, 2.24) is 4.90 Å². The number of hydrogen-bond donors (Lipinski definition) is 1. The highest BCUT2D eigenvalue weighted by atomic mass is 19.1. The minimum Gasteiger partial charge on any atom is -0.480 e. The van der Waals surface area contributed by atoms with E-state index in [9.17, 15) is 24.1 Å². The van der Waals surface area contributed by atoms with Gasteiger partial charge in [0, 0.05) is 12.1 Å². The summed E-state index contributed by atoms with van der Waals surface area (Å²) >= 11 is 0. The fourth-order valence-electron chi connectivity index (χ4n) is 1.80. The van der Waals surface area contributed by atoms with Gasteiger partial charge in [-0.3, -0.25) is 19.7 Å². The number of aliphatic carboxylic acids is 1. The number of carboxylic acid groups (broad SMARTS) is 1. The zero-order valence-corrected chi connectivity index (χ0v) is 10.9. The third-order valence-electron chi connectivity index (χ3n) is 2.67. The van der Waals surface area contributed by atoms with Crippen LogP contribution < -0.4 is 0 Å². The van der Waals surface area contributed by atoms with Gasteiger partial charge >= 0.3 is 5.97 Å². The third kappa shape index (κ3) is 3.28. The molecule has 0 aliphatic heterocycles. The third-order valence-corrected chi connectivity index (χ3v) is 2.67. The molecule has 1 rings (SSSR count). The number of nitrogens with zero attached hydrogens (tertiary/aromatic N) is 2. The molecule has 0 aromatic heterocycles. The summed E-state index contributed by atoms with van der Waals surface area (Å²) in [4.78, 5) is 33.9. The van der Waals surface area contributed by atoms with E-state index in [-0.39, 0.29) is 12.1 Å². The van der Waals surface area contributed by atoms with E-state index in [4.69, 9.17) is 5.11 Å². The van der Waals surface area contributed by atoms with Crippen LogP contribution in [-0.2, 0) is 4.79 Å². The molecule has 0 saturated carbocycles. The van der Waals surface area contributed by atoms with Gasteiger partial charge in [-0.1, -0.05) is 0 Å². The van der Waals surface area contributed by atoms with E-state index >= 15 is 0 Å². The van der Waals surface area contributed by atoms with Gasteiger partial charge in [0.25, 0.3) is 11.6 Å². The maximum absolute atomic E-state index is 13.4. The number of nitro groups is 1. The number of likely N-dealkylation sites (N-methyl/N-ethyl adjacent to an activating group) is 1. The average Bonchev–Trinajstić information content (AvgIpc) is 2.33. The van der Waals surface area contributed by atoms with Crippen molar-refractivity contribution in [2.24, 2.45) is 0 Å². The predicted molar refractivity (Wildman–Crippen MR) is 67.0 cm³/mol. The topological polar surface area (TPSA) is 101 Å². The van der Waals surface area contributed by atoms with Crippen molar-refractivity contribution in [1.29, 1.82) is 0 Å². The lowest BCUT2D eigenvalue weighted by atomic mass is 10.1. The zero-order chi connectivity index (χ0) is 15.4. The molecule has 0 unspecified atom stereocenters. The number of carbonyl (C=O) groups excluding carboxylic acids is 1. The number of halogens is 1. The number of aryl methyl sites for hydroxylation is 1. The Hall–Kier alpha value is -2.51. The lowest BCUT2D eigenvalue weighted by Gasteiger charge is -2.18. The van der Waals surface area contributed by atoms with E-state index in [1.165, 1.54) is 13.8 Å². The number of nitro benzene ring substituents is 1. The molecule has 0 fully saturated rings. The van der Waals surface area contributed by atoms with E-state index in [2.05, 4.69) is 0 Å². The first-order valence-electron chi connectivity index (χ1n) is 5.73. The fraction of sp³-hybridized carbons (Fsp3) is 0.333. The zero-order valence-electron chi connectivity index (χ0n) is 10.9. The second kappa shape index (κ2) is 6.09. The van der Waals surface area contributed by atoms with Gasteiger partial charge in [-0.05, 0) is 26.0 Å². The van der Waals surface area contributed by atoms with E-state index in [1.807, 2.05) is 0 Å². The van der Waals surface area contributed by atoms with E-state index in [0.717, 1.165) is 17.0 Å². The van der Waals surface area contributed by atoms with Gasteiger partial charge in [0.15, 0.2) is 0 Å². The van der Waals surface area contributed by atoms with Crippen LogP contribution in [-0.4, -0.2) is 39.9 Å². The van der Waals surface area contributed by atoms with Gasteiger partial charge in [-0.15, -0.1) is 0 Å². The Labute approximate surface area is 113 Å². The molecule has 0 spiro atoms. The summed E-state index contributed by atoms with van der Waals surface area (Å²) in [5, 5.41) is 19.7. The molecule has 0 atom stereocenters. The normalized spacial score (nSPS) is 10.2. The summed E-state index contributed by atoms with van der Waals surface area (Å²) in [7, 11) is 0. The van der Waals surface area contributed by atoms with Crippen LogP contribution in [0.2, 0.25) is 0 Å². The number of benzene rings is 1. The van der Waals surface area contributed by atoms with Crippen LogP contribution in [0.15, 0.2) is 12.1 Å². The van der Waals surface area contributed by atoms with Crippen molar-refractivity contribution in [2.75, 3.05) is 13.1 Å². The van der Waals surface area contributed by atoms with Gasteiger partial charge in [0.2, 0.25) is 0 Å². The first kappa shape index (κ1) is 15.5. The highest BCUT2D eigenvalue weighted by Gasteiger charge is 2.28. The van der Waals surface area contributed by atoms with Gasteiger partial charge in [-0.2, -0.15) is 0 Å². The van der Waals surface area contributed by atoms with Crippen LogP contribution in [0.25, 0.3) is 0 Å². The first-order valence-corrected chi connectivity index (χ1v) is 5.73. The van der Waals surface area contributed by atoms with Gasteiger partial charge in [-0.25, -0.2) is 4.39 Å². The largest absolute Gasteiger partial charge is 0.480 e. The van der Waals surface area contributed by atoms with Crippen molar-refractivity contribution in [3.8, 4) is 0 Å². The molecule has 20 heavy (non-hydrogen) atoms. The van der Waals surface area contributed by atoms with Crippen LogP contribution in [0.3, 0.4) is 0 Å². The quantitative estimate of drug-likeness (QED) is 0.653. The molecule has 7 nitrogen and oxygen atoms in total. The summed E-state index contributed by atoms with van der Waals surface area (Å²) in [6.07, 6.45) is 0. The molecule has 1 amide bonds. The van der Waals surface area contributed by atoms with Crippen molar-refractivity contribution < 1.29 is 24.0 Å². The summed E-state index contributed by atoms with van der Waals surface area (Å²) in [6.45, 7) is 2.27. The average molecular weight is 284 g/mol. The monoisotopic (exact) mass is 284 g/mol. The molecule has 0 bridgehead atoms. The van der Waals surface area contributed by atoms with Crippen molar-refractivity contribution >= 4 is 17.6 Å². The summed E-state index contributed by atoms with van der Waals surface area (Å²) in [5.41, 5.74) is -0.958. The summed E-state index contributed by atoms with van der Waals surface area (Å²) in [5.74, 6) is -2.93. The smallest absolute Gasteiger partial charge is 0.323 e. The van der Waals surface area contributed by atoms with E-state index in [0.29, 0.717) is 0 Å². The minimum atomic E-state index is -1.25. The minimum absolute atomic E-state index is 0.00438. The lowest BCUT2D eigenvalue weighted by Crippen LogP contribution is -2.35. The molecule has 1 N–H and O–H groups in total. The Morgan fingerprint density at radius 2 is 2.05 bits per heavy atom. The highest BCUT2D eigenvalue weighted by Crippen LogP contribution is 2.26. The molecule has 0 aliphatic rings. The molecule has 108 valence electrons. The Morgan fingerprint density at radius 3 is 2.50 bits per heavy atom. The highest BCUT2D eigenvalue weighted by molar-refractivity contribution is 5.99. The summed E-state index contributed by atoms with van der Waals surface area (Å²) < 4.78 is 13.4. The molecule has 0 saturated heterocycles. The summed E-state index contributed by atoms with van der Waals surface area (Å²) in [6, 6.07) is 1.69. The van der Waals surface area contributed by atoms with Crippen LogP contribution >= 0.6 is 0 Å². The molecular formula is C12H13FN2O5.